The molecule has 1 atom stereocenters. The first kappa shape index (κ1) is 22.6. The minimum atomic E-state index is -0.215. The number of hydrogen-bond acceptors (Lipinski definition) is 3. The van der Waals surface area contributed by atoms with Crippen LogP contribution in [0.15, 0.2) is 29.3 Å². The zero-order valence-electron chi connectivity index (χ0n) is 17.7. The minimum Gasteiger partial charge on any atom is -0.396 e. The molecule has 0 bridgehead atoms. The summed E-state index contributed by atoms with van der Waals surface area (Å²) in [7, 11) is 4.00. The molecule has 1 aliphatic carbocycles. The van der Waals surface area contributed by atoms with E-state index in [0.29, 0.717) is 6.54 Å². The van der Waals surface area contributed by atoms with E-state index in [-0.39, 0.29) is 23.9 Å². The van der Waals surface area contributed by atoms with Gasteiger partial charge in [0, 0.05) is 26.2 Å². The first-order valence-electron chi connectivity index (χ1n) is 10.5. The molecule has 1 unspecified atom stereocenters. The molecule has 0 saturated heterocycles. The maximum Gasteiger partial charge on any atom is 0.191 e. The normalized spacial score (nSPS) is 18.1. The molecule has 0 aliphatic heterocycles. The Morgan fingerprint density at radius 3 is 2.61 bits per heavy atom. The van der Waals surface area contributed by atoms with E-state index in [1.807, 2.05) is 20.2 Å². The monoisotopic (exact) mass is 392 g/mol. The van der Waals surface area contributed by atoms with Gasteiger partial charge in [-0.1, -0.05) is 31.4 Å². The van der Waals surface area contributed by atoms with Crippen molar-refractivity contribution in [3.8, 4) is 0 Å². The number of aliphatic imine (C=N–C) groups is 1. The number of nitrogens with zero attached hydrogens (tertiary/aromatic N) is 2. The van der Waals surface area contributed by atoms with Crippen LogP contribution in [0.2, 0.25) is 0 Å². The van der Waals surface area contributed by atoms with Gasteiger partial charge in [0.25, 0.3) is 0 Å². The third kappa shape index (κ3) is 6.74. The molecule has 0 heterocycles. The van der Waals surface area contributed by atoms with E-state index in [0.717, 1.165) is 43.9 Å². The molecule has 3 N–H and O–H groups in total. The Kier molecular flexibility index (Phi) is 9.19. The molecule has 158 valence electrons. The highest BCUT2D eigenvalue weighted by Crippen LogP contribution is 2.39. The molecule has 1 aromatic rings. The van der Waals surface area contributed by atoms with E-state index in [2.05, 4.69) is 22.5 Å². The van der Waals surface area contributed by atoms with Gasteiger partial charge >= 0.3 is 0 Å². The predicted molar refractivity (Wildman–Crippen MR) is 114 cm³/mol. The van der Waals surface area contributed by atoms with Crippen LogP contribution >= 0.6 is 0 Å². The number of guanidine groups is 1. The lowest BCUT2D eigenvalue weighted by Crippen LogP contribution is -2.42. The second kappa shape index (κ2) is 11.4. The highest BCUT2D eigenvalue weighted by atomic mass is 19.1. The van der Waals surface area contributed by atoms with Gasteiger partial charge in [-0.25, -0.2) is 4.39 Å². The average Bonchev–Trinajstić information content (AvgIpc) is 2.67. The van der Waals surface area contributed by atoms with Crippen LogP contribution in [0.25, 0.3) is 0 Å². The molecule has 1 saturated carbocycles. The van der Waals surface area contributed by atoms with Gasteiger partial charge in [-0.3, -0.25) is 4.99 Å². The summed E-state index contributed by atoms with van der Waals surface area (Å²) in [5.74, 6) is 0.571. The third-order valence-corrected chi connectivity index (χ3v) is 5.79. The molecular formula is C22H37FN4O. The number of rotatable bonds is 9. The summed E-state index contributed by atoms with van der Waals surface area (Å²) in [6.07, 6.45) is 6.83. The lowest BCUT2D eigenvalue weighted by Gasteiger charge is -2.36. The Bertz CT molecular complexity index is 609. The number of likely N-dealkylation sites (N-methyl/N-ethyl adjacent to an activating group) is 1. The van der Waals surface area contributed by atoms with Crippen LogP contribution in [-0.2, 0) is 0 Å². The zero-order valence-corrected chi connectivity index (χ0v) is 17.7. The number of halogens is 1. The Hall–Kier alpha value is -1.66. The first-order valence-corrected chi connectivity index (χ1v) is 10.5. The van der Waals surface area contributed by atoms with Crippen molar-refractivity contribution in [2.24, 2.45) is 10.4 Å². The molecule has 28 heavy (non-hydrogen) atoms. The maximum absolute atomic E-state index is 13.7. The van der Waals surface area contributed by atoms with Crippen LogP contribution in [0.3, 0.4) is 0 Å². The van der Waals surface area contributed by atoms with E-state index in [4.69, 9.17) is 4.99 Å². The van der Waals surface area contributed by atoms with Gasteiger partial charge in [-0.15, -0.1) is 0 Å². The Morgan fingerprint density at radius 1 is 1.25 bits per heavy atom. The summed E-state index contributed by atoms with van der Waals surface area (Å²) in [4.78, 5) is 6.94. The smallest absolute Gasteiger partial charge is 0.191 e. The highest BCUT2D eigenvalue weighted by molar-refractivity contribution is 5.79. The van der Waals surface area contributed by atoms with Crippen LogP contribution in [-0.4, -0.2) is 56.3 Å². The summed E-state index contributed by atoms with van der Waals surface area (Å²) < 4.78 is 13.7. The topological polar surface area (TPSA) is 59.9 Å². The third-order valence-electron chi connectivity index (χ3n) is 5.79. The molecule has 0 amide bonds. The Balaban J connectivity index is 2.06. The molecular weight excluding hydrogens is 355 g/mol. The SMILES string of the molecule is CCNC(=NCC1(CCO)CCCCC1)NCC(c1cccc(F)c1)N(C)C. The van der Waals surface area contributed by atoms with Gasteiger partial charge in [0.2, 0.25) is 0 Å². The summed E-state index contributed by atoms with van der Waals surface area (Å²) >= 11 is 0. The summed E-state index contributed by atoms with van der Waals surface area (Å²) in [5, 5.41) is 16.3. The number of hydrogen-bond donors (Lipinski definition) is 3. The molecule has 1 fully saturated rings. The summed E-state index contributed by atoms with van der Waals surface area (Å²) in [6.45, 7) is 4.43. The second-order valence-electron chi connectivity index (χ2n) is 8.14. The fourth-order valence-electron chi connectivity index (χ4n) is 4.12. The quantitative estimate of drug-likeness (QED) is 0.446. The molecule has 0 aromatic heterocycles. The number of benzene rings is 1. The largest absolute Gasteiger partial charge is 0.396 e. The van der Waals surface area contributed by atoms with Crippen LogP contribution in [0.1, 0.15) is 57.1 Å². The Morgan fingerprint density at radius 2 is 2.00 bits per heavy atom. The first-order chi connectivity index (χ1) is 13.5. The molecule has 0 radical (unpaired) electrons. The molecule has 2 rings (SSSR count). The van der Waals surface area contributed by atoms with Crippen LogP contribution in [0, 0.1) is 11.2 Å². The predicted octanol–water partition coefficient (Wildman–Crippen LogP) is 3.32. The van der Waals surface area contributed by atoms with Crippen molar-refractivity contribution in [2.75, 3.05) is 40.3 Å². The van der Waals surface area contributed by atoms with Gasteiger partial charge in [0.05, 0.1) is 6.04 Å². The standard InChI is InChI=1S/C22H37FN4O/c1-4-24-21(26-17-22(13-14-28)11-6-5-7-12-22)25-16-20(27(2)3)18-9-8-10-19(23)15-18/h8-10,15,20,28H,4-7,11-14,16-17H2,1-3H3,(H2,24,25,26). The molecule has 0 spiro atoms. The fourth-order valence-corrected chi connectivity index (χ4v) is 4.12. The van der Waals surface area contributed by atoms with Crippen molar-refractivity contribution >= 4 is 5.96 Å². The second-order valence-corrected chi connectivity index (χ2v) is 8.14. The molecule has 1 aliphatic rings. The van der Waals surface area contributed by atoms with Gasteiger partial charge in [0.1, 0.15) is 5.82 Å². The van der Waals surface area contributed by atoms with Crippen molar-refractivity contribution in [1.82, 2.24) is 15.5 Å². The van der Waals surface area contributed by atoms with Crippen molar-refractivity contribution in [3.05, 3.63) is 35.6 Å². The molecule has 1 aromatic carbocycles. The van der Waals surface area contributed by atoms with Gasteiger partial charge < -0.3 is 20.6 Å². The lowest BCUT2D eigenvalue weighted by atomic mass is 9.72. The van der Waals surface area contributed by atoms with E-state index in [9.17, 15) is 9.50 Å². The molecule has 6 heteroatoms. The number of aliphatic hydroxyl groups is 1. The fraction of sp³-hybridized carbons (Fsp3) is 0.682. The van der Waals surface area contributed by atoms with Crippen LogP contribution < -0.4 is 10.6 Å². The molecule has 5 nitrogen and oxygen atoms in total. The summed E-state index contributed by atoms with van der Waals surface area (Å²) in [5.41, 5.74) is 1.07. The minimum absolute atomic E-state index is 0.0423. The number of nitrogens with one attached hydrogen (secondary N) is 2. The van der Waals surface area contributed by atoms with Crippen LogP contribution in [0.4, 0.5) is 4.39 Å². The van der Waals surface area contributed by atoms with Crippen molar-refractivity contribution in [3.63, 3.8) is 0 Å². The average molecular weight is 393 g/mol. The zero-order chi connectivity index (χ0) is 20.4. The summed E-state index contributed by atoms with van der Waals surface area (Å²) in [6, 6.07) is 6.81. The van der Waals surface area contributed by atoms with Gasteiger partial charge in [0.15, 0.2) is 5.96 Å². The van der Waals surface area contributed by atoms with Crippen molar-refractivity contribution in [2.45, 2.75) is 51.5 Å². The van der Waals surface area contributed by atoms with Gasteiger partial charge in [-0.05, 0) is 63.4 Å². The van der Waals surface area contributed by atoms with Crippen LogP contribution in [0.5, 0.6) is 0 Å². The van der Waals surface area contributed by atoms with Gasteiger partial charge in [-0.2, -0.15) is 0 Å². The number of aliphatic hydroxyl groups excluding tert-OH is 1. The van der Waals surface area contributed by atoms with E-state index in [1.54, 1.807) is 12.1 Å². The lowest BCUT2D eigenvalue weighted by molar-refractivity contribution is 0.137. The van der Waals surface area contributed by atoms with Crippen molar-refractivity contribution < 1.29 is 9.50 Å². The van der Waals surface area contributed by atoms with Crippen molar-refractivity contribution in [1.29, 1.82) is 0 Å². The highest BCUT2D eigenvalue weighted by Gasteiger charge is 2.31. The van der Waals surface area contributed by atoms with E-state index >= 15 is 0 Å². The maximum atomic E-state index is 13.7. The Labute approximate surface area is 169 Å². The van der Waals surface area contributed by atoms with E-state index < -0.39 is 0 Å². The van der Waals surface area contributed by atoms with E-state index in [1.165, 1.54) is 25.3 Å².